The summed E-state index contributed by atoms with van der Waals surface area (Å²) in [6.45, 7) is 4.88. The summed E-state index contributed by atoms with van der Waals surface area (Å²) in [5, 5.41) is 12.0. The Kier molecular flexibility index (Phi) is 6.20. The lowest BCUT2D eigenvalue weighted by Gasteiger charge is -2.07. The van der Waals surface area contributed by atoms with Crippen molar-refractivity contribution in [1.29, 1.82) is 0 Å². The molecule has 2 rings (SSSR count). The van der Waals surface area contributed by atoms with Crippen molar-refractivity contribution in [3.05, 3.63) is 34.3 Å². The summed E-state index contributed by atoms with van der Waals surface area (Å²) in [7, 11) is 0. The summed E-state index contributed by atoms with van der Waals surface area (Å²) in [5.41, 5.74) is 0.715. The number of carbonyl (C=O) groups excluding carboxylic acids is 1. The van der Waals surface area contributed by atoms with E-state index in [-0.39, 0.29) is 11.0 Å². The molecule has 112 valence electrons. The van der Waals surface area contributed by atoms with Gasteiger partial charge in [0, 0.05) is 16.6 Å². The molecular formula is C14H16BrN3OS2. The van der Waals surface area contributed by atoms with Crippen LogP contribution in [0.1, 0.15) is 30.6 Å². The molecule has 21 heavy (non-hydrogen) atoms. The molecule has 0 aliphatic rings. The van der Waals surface area contributed by atoms with Gasteiger partial charge in [-0.3, -0.25) is 4.79 Å². The molecular weight excluding hydrogens is 370 g/mol. The Labute approximate surface area is 140 Å². The third-order valence-electron chi connectivity index (χ3n) is 2.71. The predicted octanol–water partition coefficient (Wildman–Crippen LogP) is 4.49. The van der Waals surface area contributed by atoms with Gasteiger partial charge in [0.2, 0.25) is 5.13 Å². The minimum Gasteiger partial charge on any atom is -0.360 e. The summed E-state index contributed by atoms with van der Waals surface area (Å²) in [5.74, 6) is 0.103. The maximum absolute atomic E-state index is 12.3. The van der Waals surface area contributed by atoms with Crippen LogP contribution in [-0.2, 0) is 0 Å². The van der Waals surface area contributed by atoms with E-state index < -0.39 is 0 Å². The highest BCUT2D eigenvalue weighted by Crippen LogP contribution is 2.30. The van der Waals surface area contributed by atoms with Gasteiger partial charge in [-0.2, -0.15) is 0 Å². The molecule has 1 unspecified atom stereocenters. The molecule has 1 aromatic carbocycles. The number of halogens is 1. The average molecular weight is 386 g/mol. The number of ketones is 1. The summed E-state index contributed by atoms with van der Waals surface area (Å²) in [4.78, 5) is 12.3. The van der Waals surface area contributed by atoms with E-state index in [1.54, 1.807) is 0 Å². The van der Waals surface area contributed by atoms with Crippen LogP contribution in [0, 0.1) is 0 Å². The monoisotopic (exact) mass is 385 g/mol. The van der Waals surface area contributed by atoms with Gasteiger partial charge in [0.25, 0.3) is 0 Å². The van der Waals surface area contributed by atoms with Crippen molar-refractivity contribution in [3.8, 4) is 0 Å². The van der Waals surface area contributed by atoms with E-state index in [0.717, 1.165) is 26.9 Å². The van der Waals surface area contributed by atoms with E-state index in [1.807, 2.05) is 31.2 Å². The molecule has 1 atom stereocenters. The van der Waals surface area contributed by atoms with Gasteiger partial charge in [0.05, 0.1) is 5.25 Å². The number of Topliss-reactive ketones (excluding diaryl/α,β-unsaturated/α-hetero) is 1. The first kappa shape index (κ1) is 16.5. The first-order valence-electron chi connectivity index (χ1n) is 6.64. The highest BCUT2D eigenvalue weighted by Gasteiger charge is 2.18. The molecule has 0 spiro atoms. The molecule has 0 saturated carbocycles. The molecule has 0 aliphatic carbocycles. The molecule has 0 amide bonds. The first-order valence-corrected chi connectivity index (χ1v) is 9.13. The predicted molar refractivity (Wildman–Crippen MR) is 92.5 cm³/mol. The lowest BCUT2D eigenvalue weighted by molar-refractivity contribution is 0.0994. The lowest BCUT2D eigenvalue weighted by Crippen LogP contribution is -2.13. The molecule has 0 saturated heterocycles. The van der Waals surface area contributed by atoms with E-state index in [9.17, 15) is 4.79 Å². The van der Waals surface area contributed by atoms with Crippen LogP contribution in [0.2, 0.25) is 0 Å². The number of carbonyl (C=O) groups is 1. The zero-order chi connectivity index (χ0) is 15.2. The standard InChI is InChI=1S/C14H16BrN3OS2/c1-3-8-16-13-17-18-14(21-13)20-9(2)12(19)10-4-6-11(15)7-5-10/h4-7,9H,3,8H2,1-2H3,(H,16,17). The quantitative estimate of drug-likeness (QED) is 0.562. The fraction of sp³-hybridized carbons (Fsp3) is 0.357. The highest BCUT2D eigenvalue weighted by molar-refractivity contribution is 9.10. The van der Waals surface area contributed by atoms with Crippen molar-refractivity contribution in [3.63, 3.8) is 0 Å². The van der Waals surface area contributed by atoms with Crippen molar-refractivity contribution in [2.24, 2.45) is 0 Å². The maximum atomic E-state index is 12.3. The van der Waals surface area contributed by atoms with Crippen LogP contribution >= 0.6 is 39.0 Å². The Morgan fingerprint density at radius 1 is 1.38 bits per heavy atom. The van der Waals surface area contributed by atoms with Crippen LogP contribution in [0.3, 0.4) is 0 Å². The number of hydrogen-bond acceptors (Lipinski definition) is 6. The Bertz CT molecular complexity index is 601. The topological polar surface area (TPSA) is 54.9 Å². The Morgan fingerprint density at radius 3 is 2.76 bits per heavy atom. The fourth-order valence-corrected chi connectivity index (χ4v) is 3.88. The van der Waals surface area contributed by atoms with E-state index in [1.165, 1.54) is 23.1 Å². The Balaban J connectivity index is 1.97. The third kappa shape index (κ3) is 4.79. The zero-order valence-corrected chi connectivity index (χ0v) is 15.0. The first-order chi connectivity index (χ1) is 10.1. The van der Waals surface area contributed by atoms with E-state index in [4.69, 9.17) is 0 Å². The van der Waals surface area contributed by atoms with Gasteiger partial charge >= 0.3 is 0 Å². The number of nitrogens with one attached hydrogen (secondary N) is 1. The van der Waals surface area contributed by atoms with E-state index in [0.29, 0.717) is 5.56 Å². The van der Waals surface area contributed by atoms with Gasteiger partial charge < -0.3 is 5.32 Å². The van der Waals surface area contributed by atoms with E-state index in [2.05, 4.69) is 38.4 Å². The van der Waals surface area contributed by atoms with Gasteiger partial charge in [0.1, 0.15) is 0 Å². The molecule has 0 aliphatic heterocycles. The highest BCUT2D eigenvalue weighted by atomic mass is 79.9. The van der Waals surface area contributed by atoms with Crippen LogP contribution < -0.4 is 5.32 Å². The second kappa shape index (κ2) is 7.91. The number of nitrogens with zero attached hydrogens (tertiary/aromatic N) is 2. The molecule has 1 heterocycles. The smallest absolute Gasteiger partial charge is 0.206 e. The van der Waals surface area contributed by atoms with E-state index >= 15 is 0 Å². The van der Waals surface area contributed by atoms with Gasteiger partial charge in [-0.05, 0) is 25.5 Å². The van der Waals surface area contributed by atoms with Gasteiger partial charge in [-0.1, -0.05) is 58.1 Å². The van der Waals surface area contributed by atoms with Crippen LogP contribution in [-0.4, -0.2) is 27.8 Å². The second-order valence-corrected chi connectivity index (χ2v) is 7.91. The molecule has 0 fully saturated rings. The zero-order valence-electron chi connectivity index (χ0n) is 11.8. The van der Waals surface area contributed by atoms with Gasteiger partial charge in [-0.15, -0.1) is 10.2 Å². The number of rotatable bonds is 7. The van der Waals surface area contributed by atoms with Crippen molar-refractivity contribution < 1.29 is 4.79 Å². The molecule has 1 aromatic heterocycles. The van der Waals surface area contributed by atoms with Crippen molar-refractivity contribution >= 4 is 49.9 Å². The van der Waals surface area contributed by atoms with Crippen LogP contribution in [0.5, 0.6) is 0 Å². The Hall–Kier alpha value is -0.920. The molecule has 0 radical (unpaired) electrons. The SMILES string of the molecule is CCCNc1nnc(SC(C)C(=O)c2ccc(Br)cc2)s1. The molecule has 1 N–H and O–H groups in total. The fourth-order valence-electron chi connectivity index (χ4n) is 1.61. The number of thioether (sulfide) groups is 1. The normalized spacial score (nSPS) is 12.1. The molecule has 4 nitrogen and oxygen atoms in total. The summed E-state index contributed by atoms with van der Waals surface area (Å²) >= 11 is 6.30. The number of anilines is 1. The van der Waals surface area contributed by atoms with Gasteiger partial charge in [0.15, 0.2) is 10.1 Å². The Morgan fingerprint density at radius 2 is 2.10 bits per heavy atom. The molecule has 2 aromatic rings. The lowest BCUT2D eigenvalue weighted by atomic mass is 10.1. The summed E-state index contributed by atoms with van der Waals surface area (Å²) < 4.78 is 1.78. The molecule has 7 heteroatoms. The summed E-state index contributed by atoms with van der Waals surface area (Å²) in [6, 6.07) is 7.42. The largest absolute Gasteiger partial charge is 0.360 e. The minimum absolute atomic E-state index is 0.103. The number of benzene rings is 1. The van der Waals surface area contributed by atoms with Gasteiger partial charge in [-0.25, -0.2) is 0 Å². The van der Waals surface area contributed by atoms with Crippen molar-refractivity contribution in [2.75, 3.05) is 11.9 Å². The van der Waals surface area contributed by atoms with Crippen molar-refractivity contribution in [1.82, 2.24) is 10.2 Å². The van der Waals surface area contributed by atoms with Crippen LogP contribution in [0.15, 0.2) is 33.1 Å². The maximum Gasteiger partial charge on any atom is 0.206 e. The number of hydrogen-bond donors (Lipinski definition) is 1. The van der Waals surface area contributed by atoms with Crippen molar-refractivity contribution in [2.45, 2.75) is 29.9 Å². The third-order valence-corrected chi connectivity index (χ3v) is 5.30. The minimum atomic E-state index is -0.182. The average Bonchev–Trinajstić information content (AvgIpc) is 2.92. The second-order valence-electron chi connectivity index (χ2n) is 4.43. The number of aromatic nitrogens is 2. The van der Waals surface area contributed by atoms with Crippen LogP contribution in [0.25, 0.3) is 0 Å². The van der Waals surface area contributed by atoms with Crippen LogP contribution in [0.4, 0.5) is 5.13 Å². The molecule has 0 bridgehead atoms. The summed E-state index contributed by atoms with van der Waals surface area (Å²) in [6.07, 6.45) is 1.04.